The Bertz CT molecular complexity index is 1020. The van der Waals surface area contributed by atoms with Crippen LogP contribution in [0.15, 0.2) is 29.3 Å². The predicted octanol–water partition coefficient (Wildman–Crippen LogP) is 7.87. The van der Waals surface area contributed by atoms with Crippen molar-refractivity contribution >= 4 is 11.8 Å². The largest absolute Gasteiger partial charge is 0.478 e. The van der Waals surface area contributed by atoms with Crippen molar-refractivity contribution in [1.29, 1.82) is 0 Å². The molecule has 0 bridgehead atoms. The van der Waals surface area contributed by atoms with Crippen LogP contribution in [0.4, 0.5) is 0 Å². The van der Waals surface area contributed by atoms with E-state index in [1.807, 2.05) is 12.1 Å². The van der Waals surface area contributed by atoms with Crippen molar-refractivity contribution < 1.29 is 15.0 Å². The number of likely N-dealkylation sites (N-methyl/N-ethyl adjacent to an activating group) is 1. The molecule has 0 saturated heterocycles. The molecule has 1 aromatic carbocycles. The summed E-state index contributed by atoms with van der Waals surface area (Å²) in [5.74, 6) is 0.596. The first-order valence-electron chi connectivity index (χ1n) is 15.9. The molecule has 2 aliphatic carbocycles. The van der Waals surface area contributed by atoms with Crippen LogP contribution in [0.5, 0.6) is 0 Å². The van der Waals surface area contributed by atoms with Gasteiger partial charge in [-0.25, -0.2) is 14.7 Å². The van der Waals surface area contributed by atoms with Gasteiger partial charge in [-0.15, -0.1) is 0 Å². The van der Waals surface area contributed by atoms with Gasteiger partial charge in [0.15, 0.2) is 6.23 Å². The molecule has 40 heavy (non-hydrogen) atoms. The zero-order valence-electron chi connectivity index (χ0n) is 26.2. The van der Waals surface area contributed by atoms with Gasteiger partial charge in [-0.1, -0.05) is 72.9 Å². The molecule has 0 aromatic heterocycles. The Morgan fingerprint density at radius 3 is 2.12 bits per heavy atom. The quantitative estimate of drug-likeness (QED) is 0.359. The lowest BCUT2D eigenvalue weighted by Gasteiger charge is -2.48. The van der Waals surface area contributed by atoms with Crippen LogP contribution >= 0.6 is 0 Å². The van der Waals surface area contributed by atoms with Crippen LogP contribution in [-0.4, -0.2) is 56.3 Å². The van der Waals surface area contributed by atoms with Crippen molar-refractivity contribution in [1.82, 2.24) is 9.80 Å². The van der Waals surface area contributed by atoms with E-state index < -0.39 is 17.9 Å². The second kappa shape index (κ2) is 12.1. The normalized spacial score (nSPS) is 27.6. The van der Waals surface area contributed by atoms with Crippen LogP contribution in [0.3, 0.4) is 0 Å². The molecule has 4 rings (SSSR count). The summed E-state index contributed by atoms with van der Waals surface area (Å²) in [7, 11) is 0. The first-order valence-corrected chi connectivity index (χ1v) is 15.9. The Hall–Kier alpha value is -1.92. The van der Waals surface area contributed by atoms with Gasteiger partial charge in [0, 0.05) is 18.6 Å². The van der Waals surface area contributed by atoms with Gasteiger partial charge in [0.05, 0.1) is 5.56 Å². The number of nitrogens with zero attached hydrogens (tertiary/aromatic N) is 3. The Kier molecular flexibility index (Phi) is 9.41. The monoisotopic (exact) mass is 553 g/mol. The van der Waals surface area contributed by atoms with E-state index in [0.29, 0.717) is 17.5 Å². The minimum atomic E-state index is -0.910. The highest BCUT2D eigenvalue weighted by Gasteiger charge is 2.54. The highest BCUT2D eigenvalue weighted by atomic mass is 16.4. The van der Waals surface area contributed by atoms with Crippen molar-refractivity contribution in [3.8, 4) is 0 Å². The third-order valence-electron chi connectivity index (χ3n) is 10.0. The van der Waals surface area contributed by atoms with Crippen molar-refractivity contribution in [3.05, 3.63) is 35.4 Å². The van der Waals surface area contributed by atoms with E-state index in [0.717, 1.165) is 56.5 Å². The average molecular weight is 554 g/mol. The fraction of sp³-hybridized carbons (Fsp3) is 0.765. The Balaban J connectivity index is 1.76. The van der Waals surface area contributed by atoms with E-state index >= 15 is 0 Å². The highest BCUT2D eigenvalue weighted by Crippen LogP contribution is 2.51. The summed E-state index contributed by atoms with van der Waals surface area (Å²) >= 11 is 0. The zero-order chi connectivity index (χ0) is 29.3. The van der Waals surface area contributed by atoms with Crippen LogP contribution in [0.1, 0.15) is 141 Å². The Labute approximate surface area is 243 Å². The summed E-state index contributed by atoms with van der Waals surface area (Å²) in [6.45, 7) is 16.9. The molecule has 2 fully saturated rings. The average Bonchev–Trinajstić information content (AvgIpc) is 3.16. The van der Waals surface area contributed by atoms with Crippen molar-refractivity contribution in [2.24, 2.45) is 21.7 Å². The molecule has 1 heterocycles. The fourth-order valence-electron chi connectivity index (χ4n) is 7.55. The topological polar surface area (TPSA) is 76.4 Å². The summed E-state index contributed by atoms with van der Waals surface area (Å²) in [5, 5.41) is 21.8. The molecule has 1 aromatic rings. The van der Waals surface area contributed by atoms with Gasteiger partial charge < -0.3 is 15.1 Å². The van der Waals surface area contributed by atoms with Crippen LogP contribution in [0.25, 0.3) is 0 Å². The van der Waals surface area contributed by atoms with Gasteiger partial charge in [0.25, 0.3) is 0 Å². The fourth-order valence-corrected chi connectivity index (χ4v) is 7.55. The number of aliphatic hydroxyl groups excluding tert-OH is 1. The van der Waals surface area contributed by atoms with E-state index in [1.54, 1.807) is 12.1 Å². The number of benzene rings is 1. The maximum atomic E-state index is 12.3. The zero-order valence-corrected chi connectivity index (χ0v) is 26.2. The molecule has 0 amide bonds. The third kappa shape index (κ3) is 6.75. The van der Waals surface area contributed by atoms with E-state index in [9.17, 15) is 15.0 Å². The van der Waals surface area contributed by atoms with Gasteiger partial charge in [0.1, 0.15) is 11.5 Å². The maximum absolute atomic E-state index is 12.3. The molecule has 1 spiro atoms. The van der Waals surface area contributed by atoms with Crippen LogP contribution in [0.2, 0.25) is 0 Å². The highest BCUT2D eigenvalue weighted by molar-refractivity contribution is 5.89. The van der Waals surface area contributed by atoms with E-state index in [2.05, 4.69) is 58.3 Å². The van der Waals surface area contributed by atoms with Crippen molar-refractivity contribution in [2.75, 3.05) is 6.54 Å². The second-order valence-corrected chi connectivity index (χ2v) is 15.0. The first kappa shape index (κ1) is 31.0. The lowest BCUT2D eigenvalue weighted by Crippen LogP contribution is -2.55. The van der Waals surface area contributed by atoms with Crippen LogP contribution in [0, 0.1) is 16.7 Å². The molecule has 2 N–H and O–H groups in total. The van der Waals surface area contributed by atoms with Gasteiger partial charge in [0.2, 0.25) is 0 Å². The number of carbonyl (C=O) groups is 1. The molecule has 0 radical (unpaired) electrons. The van der Waals surface area contributed by atoms with Crippen molar-refractivity contribution in [2.45, 2.75) is 143 Å². The summed E-state index contributed by atoms with van der Waals surface area (Å²) in [5.41, 5.74) is 1.33. The SMILES string of the molecule is CCN(C1=NC2(CCC(C(C)(C)C)CC2)N(C(CCC(C)(C)C)c2ccc(C(=O)O)cc2)C1O)C1CCCCC1. The number of carboxylic acids is 1. The molecule has 2 saturated carbocycles. The molecule has 2 unspecified atom stereocenters. The number of amidine groups is 1. The minimum absolute atomic E-state index is 0.0467. The molecule has 6 nitrogen and oxygen atoms in total. The maximum Gasteiger partial charge on any atom is 0.335 e. The number of aliphatic imine (C=N–C) groups is 1. The molecule has 2 atom stereocenters. The number of rotatable bonds is 7. The minimum Gasteiger partial charge on any atom is -0.478 e. The van der Waals surface area contributed by atoms with Gasteiger partial charge in [-0.05, 0) is 92.7 Å². The van der Waals surface area contributed by atoms with E-state index in [4.69, 9.17) is 4.99 Å². The van der Waals surface area contributed by atoms with Crippen LogP contribution in [-0.2, 0) is 0 Å². The Morgan fingerprint density at radius 1 is 1.02 bits per heavy atom. The lowest BCUT2D eigenvalue weighted by molar-refractivity contribution is -0.0752. The predicted molar refractivity (Wildman–Crippen MR) is 164 cm³/mol. The summed E-state index contributed by atoms with van der Waals surface area (Å²) in [6.07, 6.45) is 11.3. The molecule has 224 valence electrons. The van der Waals surface area contributed by atoms with Crippen LogP contribution < -0.4 is 0 Å². The summed E-state index contributed by atoms with van der Waals surface area (Å²) in [6, 6.07) is 7.77. The number of hydrogen-bond donors (Lipinski definition) is 2. The summed E-state index contributed by atoms with van der Waals surface area (Å²) < 4.78 is 0. The van der Waals surface area contributed by atoms with Gasteiger partial charge >= 0.3 is 5.97 Å². The molecular weight excluding hydrogens is 498 g/mol. The molecule has 1 aliphatic heterocycles. The number of hydrogen-bond acceptors (Lipinski definition) is 5. The summed E-state index contributed by atoms with van der Waals surface area (Å²) in [4.78, 5) is 22.0. The third-order valence-corrected chi connectivity index (χ3v) is 10.0. The van der Waals surface area contributed by atoms with E-state index in [1.165, 1.54) is 32.1 Å². The van der Waals surface area contributed by atoms with Gasteiger partial charge in [-0.2, -0.15) is 0 Å². The smallest absolute Gasteiger partial charge is 0.335 e. The molecule has 6 heteroatoms. The van der Waals surface area contributed by atoms with E-state index in [-0.39, 0.29) is 16.9 Å². The first-order chi connectivity index (χ1) is 18.8. The Morgan fingerprint density at radius 2 is 1.62 bits per heavy atom. The van der Waals surface area contributed by atoms with Gasteiger partial charge in [-0.3, -0.25) is 0 Å². The lowest BCUT2D eigenvalue weighted by atomic mass is 9.69. The number of carboxylic acid groups (broad SMARTS) is 1. The molecular formula is C34H55N3O3. The standard InChI is InChI=1S/C34H55N3O3/c1-8-36(27-12-10-9-11-13-27)29-30(38)37(34(35-29)22-18-26(19-23-34)33(5,6)7)28(20-21-32(2,3)4)24-14-16-25(17-15-24)31(39)40/h14-17,26-28,30,38H,8-13,18-23H2,1-7H3,(H,39,40). The van der Waals surface area contributed by atoms with Crippen molar-refractivity contribution in [3.63, 3.8) is 0 Å². The number of aromatic carboxylic acids is 1. The second-order valence-electron chi connectivity index (χ2n) is 15.0. The molecule has 3 aliphatic rings. The number of aliphatic hydroxyl groups is 1.